The number of aliphatic hydroxyl groups is 1. The molecule has 136 valence electrons. The summed E-state index contributed by atoms with van der Waals surface area (Å²) >= 11 is 0. The van der Waals surface area contributed by atoms with Gasteiger partial charge >= 0.3 is 0 Å². The summed E-state index contributed by atoms with van der Waals surface area (Å²) in [6.45, 7) is 8.52. The Morgan fingerprint density at radius 2 is 2.08 bits per heavy atom. The second kappa shape index (κ2) is 9.49. The van der Waals surface area contributed by atoms with Crippen LogP contribution < -0.4 is 20.1 Å². The highest BCUT2D eigenvalue weighted by atomic mass is 16.5. The van der Waals surface area contributed by atoms with Crippen molar-refractivity contribution in [2.45, 2.75) is 52.2 Å². The summed E-state index contributed by atoms with van der Waals surface area (Å²) in [6, 6.07) is 5.79. The van der Waals surface area contributed by atoms with Gasteiger partial charge in [0.15, 0.2) is 18.1 Å². The van der Waals surface area contributed by atoms with Gasteiger partial charge in [0.2, 0.25) is 0 Å². The van der Waals surface area contributed by atoms with E-state index in [2.05, 4.69) is 10.6 Å². The Kier molecular flexibility index (Phi) is 8.01. The lowest BCUT2D eigenvalue weighted by molar-refractivity contribution is -0.706. The van der Waals surface area contributed by atoms with Crippen LogP contribution in [0.25, 0.3) is 0 Å². The summed E-state index contributed by atoms with van der Waals surface area (Å²) < 4.78 is 11.1. The molecule has 0 heterocycles. The van der Waals surface area contributed by atoms with E-state index in [-0.39, 0.29) is 30.7 Å². The first-order valence-corrected chi connectivity index (χ1v) is 8.34. The Labute approximate surface area is 144 Å². The monoisotopic (exact) mass is 339 g/mol. The summed E-state index contributed by atoms with van der Waals surface area (Å²) in [4.78, 5) is 12.0. The maximum atomic E-state index is 12.0. The largest absolute Gasteiger partial charge is 0.493 e. The van der Waals surface area contributed by atoms with Crippen molar-refractivity contribution in [2.24, 2.45) is 0 Å². The fourth-order valence-corrected chi connectivity index (χ4v) is 2.30. The van der Waals surface area contributed by atoms with Crippen LogP contribution in [0.1, 0.15) is 39.7 Å². The molecule has 0 aromatic heterocycles. The molecule has 0 saturated heterocycles. The summed E-state index contributed by atoms with van der Waals surface area (Å²) in [5.74, 6) is 1.000. The molecule has 0 radical (unpaired) electrons. The molecule has 0 aliphatic heterocycles. The third kappa shape index (κ3) is 6.76. The van der Waals surface area contributed by atoms with Gasteiger partial charge in [-0.25, -0.2) is 0 Å². The molecule has 1 aromatic rings. The van der Waals surface area contributed by atoms with E-state index in [9.17, 15) is 9.90 Å². The number of methoxy groups -OCH3 is 1. The van der Waals surface area contributed by atoms with E-state index in [0.29, 0.717) is 18.0 Å². The molecular formula is C18H31N2O4+. The van der Waals surface area contributed by atoms with E-state index >= 15 is 0 Å². The zero-order valence-electron chi connectivity index (χ0n) is 15.4. The summed E-state index contributed by atoms with van der Waals surface area (Å²) in [7, 11) is 1.58. The lowest BCUT2D eigenvalue weighted by Crippen LogP contribution is -2.89. The number of hydrogen-bond donors (Lipinski definition) is 3. The normalized spacial score (nSPS) is 12.6. The fourth-order valence-electron chi connectivity index (χ4n) is 2.30. The third-order valence-electron chi connectivity index (χ3n) is 3.57. The second-order valence-electron chi connectivity index (χ2n) is 6.83. The number of nitrogens with two attached hydrogens (primary N) is 1. The molecule has 6 nitrogen and oxygen atoms in total. The molecule has 0 saturated carbocycles. The Morgan fingerprint density at radius 1 is 1.38 bits per heavy atom. The van der Waals surface area contributed by atoms with Gasteiger partial charge in [-0.1, -0.05) is 13.0 Å². The fraction of sp³-hybridized carbons (Fsp3) is 0.611. The lowest BCUT2D eigenvalue weighted by Gasteiger charge is -2.21. The Hall–Kier alpha value is -1.79. The minimum atomic E-state index is -0.298. The summed E-state index contributed by atoms with van der Waals surface area (Å²) in [5, 5.41) is 14.3. The van der Waals surface area contributed by atoms with Gasteiger partial charge in [0.1, 0.15) is 12.6 Å². The van der Waals surface area contributed by atoms with E-state index in [4.69, 9.17) is 9.47 Å². The number of carbonyl (C=O) groups excluding carboxylic acids is 1. The van der Waals surface area contributed by atoms with Crippen LogP contribution in [0.2, 0.25) is 0 Å². The first-order chi connectivity index (χ1) is 11.3. The molecule has 0 aliphatic rings. The van der Waals surface area contributed by atoms with E-state index in [1.165, 1.54) is 0 Å². The Morgan fingerprint density at radius 3 is 2.62 bits per heavy atom. The maximum absolute atomic E-state index is 12.0. The van der Waals surface area contributed by atoms with Crippen LogP contribution in [0.3, 0.4) is 0 Å². The first kappa shape index (κ1) is 20.3. The van der Waals surface area contributed by atoms with Crippen LogP contribution in [0, 0.1) is 0 Å². The molecule has 1 atom stereocenters. The van der Waals surface area contributed by atoms with Crippen molar-refractivity contribution in [1.82, 2.24) is 5.32 Å². The van der Waals surface area contributed by atoms with E-state index in [1.807, 2.05) is 45.9 Å². The highest BCUT2D eigenvalue weighted by molar-refractivity contribution is 5.78. The van der Waals surface area contributed by atoms with Crippen molar-refractivity contribution in [2.75, 3.05) is 20.3 Å². The Balaban J connectivity index is 2.81. The lowest BCUT2D eigenvalue weighted by atomic mass is 10.1. The van der Waals surface area contributed by atoms with Crippen molar-refractivity contribution in [3.8, 4) is 11.5 Å². The number of para-hydroxylation sites is 1. The molecule has 0 spiro atoms. The van der Waals surface area contributed by atoms with Crippen molar-refractivity contribution in [3.63, 3.8) is 0 Å². The highest BCUT2D eigenvalue weighted by Gasteiger charge is 2.18. The van der Waals surface area contributed by atoms with Gasteiger partial charge in [-0.2, -0.15) is 0 Å². The van der Waals surface area contributed by atoms with Crippen LogP contribution in [0.15, 0.2) is 18.2 Å². The topological polar surface area (TPSA) is 84.4 Å². The number of amides is 1. The Bertz CT molecular complexity index is 522. The molecular weight excluding hydrogens is 308 g/mol. The number of benzene rings is 1. The van der Waals surface area contributed by atoms with Gasteiger partial charge in [-0.3, -0.25) is 4.79 Å². The predicted molar refractivity (Wildman–Crippen MR) is 93.2 cm³/mol. The van der Waals surface area contributed by atoms with Gasteiger partial charge in [0, 0.05) is 5.54 Å². The smallest absolute Gasteiger partial charge is 0.258 e. The summed E-state index contributed by atoms with van der Waals surface area (Å²) in [5.41, 5.74) is 0.637. The van der Waals surface area contributed by atoms with Gasteiger partial charge < -0.3 is 25.2 Å². The van der Waals surface area contributed by atoms with Crippen LogP contribution >= 0.6 is 0 Å². The standard InChI is InChI=1S/C18H30N2O4/c1-6-14(11-21)19-10-13-8-7-9-15(23-5)17(13)24-12-16(22)20-18(2,3)4/h7-9,14,19,21H,6,10-12H2,1-5H3,(H,20,22)/p+1/t14-/m0/s1. The predicted octanol–water partition coefficient (Wildman–Crippen LogP) is 0.823. The maximum Gasteiger partial charge on any atom is 0.258 e. The average molecular weight is 339 g/mol. The van der Waals surface area contributed by atoms with Crippen molar-refractivity contribution in [3.05, 3.63) is 23.8 Å². The zero-order valence-corrected chi connectivity index (χ0v) is 15.4. The van der Waals surface area contributed by atoms with Gasteiger partial charge in [0.25, 0.3) is 5.91 Å². The van der Waals surface area contributed by atoms with Crippen LogP contribution in [0.4, 0.5) is 0 Å². The molecule has 0 aliphatic carbocycles. The minimum Gasteiger partial charge on any atom is -0.493 e. The third-order valence-corrected chi connectivity index (χ3v) is 3.57. The van der Waals surface area contributed by atoms with Crippen molar-refractivity contribution in [1.29, 1.82) is 0 Å². The molecule has 1 amide bonds. The van der Waals surface area contributed by atoms with Gasteiger partial charge in [-0.15, -0.1) is 0 Å². The number of carbonyl (C=O) groups is 1. The molecule has 1 rings (SSSR count). The van der Waals surface area contributed by atoms with Gasteiger partial charge in [-0.05, 0) is 39.3 Å². The van der Waals surface area contributed by atoms with Crippen LogP contribution in [-0.2, 0) is 11.3 Å². The van der Waals surface area contributed by atoms with E-state index in [1.54, 1.807) is 7.11 Å². The van der Waals surface area contributed by atoms with Crippen molar-refractivity contribution < 1.29 is 24.7 Å². The number of rotatable bonds is 9. The van der Waals surface area contributed by atoms with E-state index < -0.39 is 0 Å². The van der Waals surface area contributed by atoms with Crippen LogP contribution in [-0.4, -0.2) is 42.9 Å². The highest BCUT2D eigenvalue weighted by Crippen LogP contribution is 2.30. The first-order valence-electron chi connectivity index (χ1n) is 8.34. The minimum absolute atomic E-state index is 0.0676. The molecule has 4 N–H and O–H groups in total. The number of quaternary nitrogens is 1. The SMILES string of the molecule is CC[C@@H](CO)[NH2+]Cc1cccc(OC)c1OCC(=O)NC(C)(C)C. The molecule has 6 heteroatoms. The molecule has 1 aromatic carbocycles. The number of ether oxygens (including phenoxy) is 2. The number of aliphatic hydroxyl groups excluding tert-OH is 1. The molecule has 0 fully saturated rings. The zero-order chi connectivity index (χ0) is 18.2. The quantitative estimate of drug-likeness (QED) is 0.622. The summed E-state index contributed by atoms with van der Waals surface area (Å²) in [6.07, 6.45) is 0.880. The molecule has 0 unspecified atom stereocenters. The average Bonchev–Trinajstić information content (AvgIpc) is 2.52. The molecule has 0 bridgehead atoms. The van der Waals surface area contributed by atoms with Gasteiger partial charge in [0.05, 0.1) is 19.3 Å². The number of hydrogen-bond acceptors (Lipinski definition) is 4. The van der Waals surface area contributed by atoms with E-state index in [0.717, 1.165) is 12.0 Å². The molecule has 24 heavy (non-hydrogen) atoms. The second-order valence-corrected chi connectivity index (χ2v) is 6.83. The van der Waals surface area contributed by atoms with Crippen molar-refractivity contribution >= 4 is 5.91 Å². The number of nitrogens with one attached hydrogen (secondary N) is 1. The van der Waals surface area contributed by atoms with Crippen LogP contribution in [0.5, 0.6) is 11.5 Å².